The molecule has 0 spiro atoms. The molecule has 2 heterocycles. The van der Waals surface area contributed by atoms with Gasteiger partial charge in [0.1, 0.15) is 18.7 Å². The van der Waals surface area contributed by atoms with Crippen LogP contribution in [0.15, 0.2) is 0 Å². The van der Waals surface area contributed by atoms with E-state index in [0.717, 1.165) is 4.90 Å². The molecule has 170 valence electrons. The van der Waals surface area contributed by atoms with Gasteiger partial charge in [0.05, 0.1) is 26.3 Å². The second kappa shape index (κ2) is 10.7. The van der Waals surface area contributed by atoms with Crippen molar-refractivity contribution in [3.8, 4) is 0 Å². The van der Waals surface area contributed by atoms with Crippen molar-refractivity contribution in [1.82, 2.24) is 15.3 Å². The highest BCUT2D eigenvalue weighted by Gasteiger charge is 2.45. The molecular weight excluding hydrogens is 396 g/mol. The minimum absolute atomic E-state index is 0.0958. The van der Waals surface area contributed by atoms with E-state index < -0.39 is 41.9 Å². The Kier molecular flexibility index (Phi) is 8.56. The van der Waals surface area contributed by atoms with Crippen LogP contribution in [0.3, 0.4) is 0 Å². The smallest absolute Gasteiger partial charge is 0.379 e. The van der Waals surface area contributed by atoms with E-state index in [0.29, 0.717) is 32.7 Å². The van der Waals surface area contributed by atoms with Crippen molar-refractivity contribution >= 4 is 23.7 Å². The van der Waals surface area contributed by atoms with Gasteiger partial charge in [0.15, 0.2) is 11.9 Å². The number of hydroxylamine groups is 2. The summed E-state index contributed by atoms with van der Waals surface area (Å²) in [7, 11) is 1.40. The molecule has 0 aliphatic carbocycles. The minimum atomic E-state index is -1.21. The summed E-state index contributed by atoms with van der Waals surface area (Å²) in [4.78, 5) is 55.8. The first-order valence-electron chi connectivity index (χ1n) is 10.1. The fourth-order valence-corrected chi connectivity index (χ4v) is 3.35. The Labute approximate surface area is 176 Å². The van der Waals surface area contributed by atoms with Gasteiger partial charge in [0.25, 0.3) is 0 Å². The summed E-state index contributed by atoms with van der Waals surface area (Å²) >= 11 is 0. The van der Waals surface area contributed by atoms with Gasteiger partial charge in [0, 0.05) is 7.05 Å². The molecule has 2 aliphatic rings. The van der Waals surface area contributed by atoms with Crippen LogP contribution in [0, 0.1) is 11.8 Å². The van der Waals surface area contributed by atoms with E-state index in [1.165, 1.54) is 12.1 Å². The van der Waals surface area contributed by atoms with Gasteiger partial charge in [-0.15, -0.1) is 5.06 Å². The third kappa shape index (κ3) is 6.13. The molecule has 11 heteroatoms. The minimum Gasteiger partial charge on any atom is -0.379 e. The van der Waals surface area contributed by atoms with Crippen LogP contribution in [0.4, 0.5) is 4.79 Å². The number of nitrogens with two attached hydrogens (primary N) is 1. The lowest BCUT2D eigenvalue weighted by Gasteiger charge is -2.32. The van der Waals surface area contributed by atoms with Crippen LogP contribution >= 0.6 is 0 Å². The zero-order chi connectivity index (χ0) is 22.4. The largest absolute Gasteiger partial charge is 0.426 e. The highest BCUT2D eigenvalue weighted by Crippen LogP contribution is 2.21. The number of carbonyl (C=O) groups is 4. The molecule has 0 saturated carbocycles. The molecule has 2 fully saturated rings. The van der Waals surface area contributed by atoms with E-state index in [2.05, 4.69) is 5.32 Å². The molecule has 0 aromatic heterocycles. The number of rotatable bonds is 8. The van der Waals surface area contributed by atoms with E-state index in [9.17, 15) is 19.2 Å². The number of ether oxygens (including phenoxy) is 2. The molecule has 0 aromatic carbocycles. The molecule has 3 N–H and O–H groups in total. The molecule has 2 rings (SSSR count). The van der Waals surface area contributed by atoms with Gasteiger partial charge in [-0.05, 0) is 18.3 Å². The molecule has 0 radical (unpaired) electrons. The van der Waals surface area contributed by atoms with Crippen molar-refractivity contribution in [2.75, 3.05) is 40.0 Å². The van der Waals surface area contributed by atoms with Crippen LogP contribution in [0.1, 0.15) is 27.2 Å². The first-order valence-corrected chi connectivity index (χ1v) is 10.1. The quantitative estimate of drug-likeness (QED) is 0.517. The Morgan fingerprint density at radius 2 is 1.90 bits per heavy atom. The Hall–Kier alpha value is -2.24. The van der Waals surface area contributed by atoms with E-state index in [1.54, 1.807) is 0 Å². The summed E-state index contributed by atoms with van der Waals surface area (Å²) in [5.41, 5.74) is 5.31. The third-order valence-corrected chi connectivity index (χ3v) is 5.58. The average molecular weight is 428 g/mol. The standard InChI is InChI=1S/C19H32N4O7/c1-11(2)12(3)9-13(21-19(27)30-23-5-7-28-8-6-23)18(26)22(4)15-14(24)10-29-16(15)17(20)25/h11-13,15-16H,5-10H2,1-4H3,(H2,20,25)(H,21,27)/t12?,13-,15?,16?/m0/s1. The van der Waals surface area contributed by atoms with Gasteiger partial charge in [-0.25, -0.2) is 4.79 Å². The van der Waals surface area contributed by atoms with Crippen LogP contribution in [0.25, 0.3) is 0 Å². The maximum absolute atomic E-state index is 13.2. The van der Waals surface area contributed by atoms with Crippen molar-refractivity contribution in [2.45, 2.75) is 45.4 Å². The summed E-state index contributed by atoms with van der Waals surface area (Å²) < 4.78 is 10.4. The lowest BCUT2D eigenvalue weighted by Crippen LogP contribution is -2.57. The Balaban J connectivity index is 2.11. The second-order valence-corrected chi connectivity index (χ2v) is 8.07. The molecule has 4 atom stereocenters. The molecule has 11 nitrogen and oxygen atoms in total. The van der Waals surface area contributed by atoms with Crippen LogP contribution in [-0.2, 0) is 28.7 Å². The third-order valence-electron chi connectivity index (χ3n) is 5.58. The lowest BCUT2D eigenvalue weighted by atomic mass is 9.90. The molecule has 3 unspecified atom stereocenters. The van der Waals surface area contributed by atoms with Crippen LogP contribution in [0.5, 0.6) is 0 Å². The zero-order valence-electron chi connectivity index (χ0n) is 18.0. The number of amides is 3. The topological polar surface area (TPSA) is 140 Å². The van der Waals surface area contributed by atoms with Crippen LogP contribution in [0.2, 0.25) is 0 Å². The van der Waals surface area contributed by atoms with Crippen molar-refractivity contribution in [3.05, 3.63) is 0 Å². The number of likely N-dealkylation sites (N-methyl/N-ethyl adjacent to an activating group) is 1. The number of hydrogen-bond donors (Lipinski definition) is 2. The van der Waals surface area contributed by atoms with E-state index in [-0.39, 0.29) is 18.4 Å². The van der Waals surface area contributed by atoms with Crippen LogP contribution < -0.4 is 11.1 Å². The zero-order valence-corrected chi connectivity index (χ0v) is 18.0. The van der Waals surface area contributed by atoms with Gasteiger partial charge in [-0.1, -0.05) is 20.8 Å². The summed E-state index contributed by atoms with van der Waals surface area (Å²) in [5, 5.41) is 4.08. The first kappa shape index (κ1) is 24.0. The molecule has 2 saturated heterocycles. The molecule has 2 aliphatic heterocycles. The number of carbonyl (C=O) groups excluding carboxylic acids is 4. The van der Waals surface area contributed by atoms with Gasteiger partial charge >= 0.3 is 6.09 Å². The van der Waals surface area contributed by atoms with Gasteiger partial charge in [-0.3, -0.25) is 14.4 Å². The van der Waals surface area contributed by atoms with Crippen molar-refractivity contribution in [3.63, 3.8) is 0 Å². The molecule has 0 aromatic rings. The highest BCUT2D eigenvalue weighted by atomic mass is 16.7. The maximum Gasteiger partial charge on any atom is 0.426 e. The van der Waals surface area contributed by atoms with Gasteiger partial charge in [0.2, 0.25) is 11.8 Å². The summed E-state index contributed by atoms with van der Waals surface area (Å²) in [5.74, 6) is -1.40. The molecule has 0 bridgehead atoms. The van der Waals surface area contributed by atoms with Crippen molar-refractivity contribution < 1.29 is 33.5 Å². The maximum atomic E-state index is 13.2. The Morgan fingerprint density at radius 1 is 1.27 bits per heavy atom. The average Bonchev–Trinajstić information content (AvgIpc) is 3.08. The van der Waals surface area contributed by atoms with Gasteiger partial charge in [-0.2, -0.15) is 0 Å². The van der Waals surface area contributed by atoms with Crippen molar-refractivity contribution in [2.24, 2.45) is 17.6 Å². The molecule has 30 heavy (non-hydrogen) atoms. The number of Topliss-reactive ketones (excluding diaryl/α,β-unsaturated/α-hetero) is 1. The molecular formula is C19H32N4O7. The highest BCUT2D eigenvalue weighted by molar-refractivity contribution is 5.99. The number of nitrogens with one attached hydrogen (secondary N) is 1. The van der Waals surface area contributed by atoms with Crippen LogP contribution in [-0.4, -0.2) is 91.8 Å². The first-order chi connectivity index (χ1) is 14.1. The van der Waals surface area contributed by atoms with Gasteiger partial charge < -0.3 is 30.3 Å². The van der Waals surface area contributed by atoms with Crippen molar-refractivity contribution in [1.29, 1.82) is 0 Å². The second-order valence-electron chi connectivity index (χ2n) is 8.07. The summed E-state index contributed by atoms with van der Waals surface area (Å²) in [6.07, 6.45) is -1.64. The number of ketones is 1. The normalized spacial score (nSPS) is 24.4. The Morgan fingerprint density at radius 3 is 2.47 bits per heavy atom. The van der Waals surface area contributed by atoms with E-state index >= 15 is 0 Å². The fourth-order valence-electron chi connectivity index (χ4n) is 3.35. The summed E-state index contributed by atoms with van der Waals surface area (Å²) in [6.45, 7) is 7.46. The predicted octanol–water partition coefficient (Wildman–Crippen LogP) is -0.709. The number of nitrogens with zero attached hydrogens (tertiary/aromatic N) is 2. The van der Waals surface area contributed by atoms with E-state index in [4.69, 9.17) is 20.0 Å². The fraction of sp³-hybridized carbons (Fsp3) is 0.789. The number of hydrogen-bond acceptors (Lipinski definition) is 8. The SMILES string of the molecule is CC(C)C(C)C[C@H](NC(=O)ON1CCOCC1)C(=O)N(C)C1C(=O)COC1C(N)=O. The summed E-state index contributed by atoms with van der Waals surface area (Å²) in [6, 6.07) is -2.06. The monoisotopic (exact) mass is 428 g/mol. The predicted molar refractivity (Wildman–Crippen MR) is 105 cm³/mol. The van der Waals surface area contributed by atoms with E-state index in [1.807, 2.05) is 20.8 Å². The number of primary amides is 1. The number of morpholine rings is 1. The molecule has 3 amide bonds. The Bertz CT molecular complexity index is 651. The lowest BCUT2D eigenvalue weighted by molar-refractivity contribution is -0.150.